The molecule has 0 bridgehead atoms. The number of carbonyl (C=O) groups excluding carboxylic acids is 4. The van der Waals surface area contributed by atoms with Crippen molar-refractivity contribution in [1.29, 1.82) is 0 Å². The van der Waals surface area contributed by atoms with E-state index in [-0.39, 0.29) is 65.0 Å². The summed E-state index contributed by atoms with van der Waals surface area (Å²) in [5.74, 6) is -0.721. The summed E-state index contributed by atoms with van der Waals surface area (Å²) in [6, 6.07) is 7.18. The molecule has 1 amide bonds. The number of ketones is 1. The molecule has 0 atom stereocenters. The Bertz CT molecular complexity index is 1200. The van der Waals surface area contributed by atoms with Crippen LogP contribution in [0.2, 0.25) is 0 Å². The van der Waals surface area contributed by atoms with E-state index in [1.165, 1.54) is 25.3 Å². The van der Waals surface area contributed by atoms with Gasteiger partial charge in [-0.05, 0) is 39.0 Å². The van der Waals surface area contributed by atoms with Gasteiger partial charge in [0.2, 0.25) is 0 Å². The van der Waals surface area contributed by atoms with Gasteiger partial charge in [-0.15, -0.1) is 0 Å². The van der Waals surface area contributed by atoms with Crippen LogP contribution in [-0.2, 0) is 14.2 Å². The van der Waals surface area contributed by atoms with Crippen LogP contribution >= 0.6 is 0 Å². The standard InChI is InChI=1S/C24H23NO10/c1-5-31-22(27)25-20-17-13(9-8-10-14(17)30-4)21(26)19-16(35-24(29)33-7-3)12-11-15(18(19)20)34-23(28)32-6-2/h8-12H,5-7H2,1-4H3/b25-20+. The van der Waals surface area contributed by atoms with Crippen LogP contribution in [0.4, 0.5) is 14.4 Å². The summed E-state index contributed by atoms with van der Waals surface area (Å²) in [4.78, 5) is 54.3. The number of amides is 1. The molecule has 184 valence electrons. The van der Waals surface area contributed by atoms with Gasteiger partial charge in [-0.25, -0.2) is 14.4 Å². The third-order valence-electron chi connectivity index (χ3n) is 4.70. The van der Waals surface area contributed by atoms with Gasteiger partial charge in [0.1, 0.15) is 17.2 Å². The fourth-order valence-electron chi connectivity index (χ4n) is 3.42. The van der Waals surface area contributed by atoms with Gasteiger partial charge in [0.25, 0.3) is 0 Å². The zero-order valence-corrected chi connectivity index (χ0v) is 19.5. The lowest BCUT2D eigenvalue weighted by Crippen LogP contribution is -2.26. The van der Waals surface area contributed by atoms with Gasteiger partial charge in [-0.2, -0.15) is 4.99 Å². The number of hydrogen-bond acceptors (Lipinski definition) is 10. The van der Waals surface area contributed by atoms with E-state index in [9.17, 15) is 19.2 Å². The van der Waals surface area contributed by atoms with E-state index in [1.807, 2.05) is 0 Å². The summed E-state index contributed by atoms with van der Waals surface area (Å²) in [6.07, 6.45) is -3.07. The van der Waals surface area contributed by atoms with Gasteiger partial charge in [-0.3, -0.25) is 4.79 Å². The molecular formula is C24H23NO10. The van der Waals surface area contributed by atoms with Crippen molar-refractivity contribution in [3.63, 3.8) is 0 Å². The molecule has 1 aliphatic rings. The molecule has 0 radical (unpaired) electrons. The molecule has 0 spiro atoms. The third-order valence-corrected chi connectivity index (χ3v) is 4.70. The van der Waals surface area contributed by atoms with Crippen molar-refractivity contribution in [1.82, 2.24) is 0 Å². The van der Waals surface area contributed by atoms with E-state index >= 15 is 0 Å². The Kier molecular flexibility index (Phi) is 8.03. The van der Waals surface area contributed by atoms with Gasteiger partial charge in [-0.1, -0.05) is 12.1 Å². The molecule has 1 aliphatic carbocycles. The highest BCUT2D eigenvalue weighted by atomic mass is 16.7. The second kappa shape index (κ2) is 11.1. The van der Waals surface area contributed by atoms with Crippen LogP contribution in [0.15, 0.2) is 35.3 Å². The SMILES string of the molecule is CCOC(=O)/N=C1\c2c(OC)cccc2C(=O)c2c(OC(=O)OCC)ccc(OC(=O)OCC)c21. The smallest absolute Gasteiger partial charge is 0.496 e. The minimum absolute atomic E-state index is 0.0322. The predicted octanol–water partition coefficient (Wildman–Crippen LogP) is 4.30. The lowest BCUT2D eigenvalue weighted by Gasteiger charge is -2.25. The fraction of sp³-hybridized carbons (Fsp3) is 0.292. The van der Waals surface area contributed by atoms with Gasteiger partial charge in [0.05, 0.1) is 49.3 Å². The van der Waals surface area contributed by atoms with Crippen molar-refractivity contribution in [2.24, 2.45) is 4.99 Å². The minimum Gasteiger partial charge on any atom is -0.496 e. The number of aliphatic imine (C=N–C) groups is 1. The maximum Gasteiger partial charge on any atom is 0.513 e. The van der Waals surface area contributed by atoms with E-state index in [1.54, 1.807) is 32.9 Å². The largest absolute Gasteiger partial charge is 0.513 e. The first kappa shape index (κ1) is 25.2. The Labute approximate surface area is 200 Å². The highest BCUT2D eigenvalue weighted by Crippen LogP contribution is 2.42. The lowest BCUT2D eigenvalue weighted by atomic mass is 9.82. The number of benzene rings is 2. The normalized spacial score (nSPS) is 12.8. The number of rotatable bonds is 6. The molecular weight excluding hydrogens is 462 g/mol. The molecule has 2 aromatic rings. The average molecular weight is 485 g/mol. The molecule has 0 aliphatic heterocycles. The third kappa shape index (κ3) is 5.24. The maximum absolute atomic E-state index is 13.6. The van der Waals surface area contributed by atoms with Crippen molar-refractivity contribution < 1.29 is 47.6 Å². The van der Waals surface area contributed by atoms with Crippen LogP contribution < -0.4 is 14.2 Å². The molecule has 2 aromatic carbocycles. The number of fused-ring (bicyclic) bond motifs is 2. The molecule has 0 N–H and O–H groups in total. The second-order valence-electron chi connectivity index (χ2n) is 6.75. The van der Waals surface area contributed by atoms with Gasteiger partial charge < -0.3 is 28.4 Å². The fourth-order valence-corrected chi connectivity index (χ4v) is 3.42. The number of methoxy groups -OCH3 is 1. The van der Waals surface area contributed by atoms with Crippen molar-refractivity contribution in [2.45, 2.75) is 20.8 Å². The minimum atomic E-state index is -1.05. The number of ether oxygens (including phenoxy) is 6. The first-order valence-electron chi connectivity index (χ1n) is 10.7. The Morgan fingerprint density at radius 1 is 0.743 bits per heavy atom. The van der Waals surface area contributed by atoms with Gasteiger partial charge in [0.15, 0.2) is 5.78 Å². The van der Waals surface area contributed by atoms with E-state index in [2.05, 4.69) is 4.99 Å². The number of nitrogens with zero attached hydrogens (tertiary/aromatic N) is 1. The zero-order valence-electron chi connectivity index (χ0n) is 19.5. The van der Waals surface area contributed by atoms with Crippen LogP contribution in [0.1, 0.15) is 47.8 Å². The Balaban J connectivity index is 2.35. The lowest BCUT2D eigenvalue weighted by molar-refractivity contribution is 0.0980. The topological polar surface area (TPSA) is 136 Å². The first-order valence-corrected chi connectivity index (χ1v) is 10.7. The number of carbonyl (C=O) groups is 4. The molecule has 0 aromatic heterocycles. The molecule has 0 saturated heterocycles. The summed E-state index contributed by atoms with van der Waals surface area (Å²) in [5, 5.41) is 0. The Hall–Kier alpha value is -4.41. The van der Waals surface area contributed by atoms with Crippen molar-refractivity contribution in [3.05, 3.63) is 52.6 Å². The summed E-state index contributed by atoms with van der Waals surface area (Å²) in [6.45, 7) is 4.89. The van der Waals surface area contributed by atoms with Crippen LogP contribution in [0.25, 0.3) is 0 Å². The highest BCUT2D eigenvalue weighted by molar-refractivity contribution is 6.34. The quantitative estimate of drug-likeness (QED) is 0.282. The second-order valence-corrected chi connectivity index (χ2v) is 6.75. The van der Waals surface area contributed by atoms with E-state index in [4.69, 9.17) is 28.4 Å². The Morgan fingerprint density at radius 2 is 1.31 bits per heavy atom. The van der Waals surface area contributed by atoms with Crippen LogP contribution in [0.3, 0.4) is 0 Å². The maximum atomic E-state index is 13.6. The van der Waals surface area contributed by atoms with Crippen LogP contribution in [0.5, 0.6) is 17.2 Å². The average Bonchev–Trinajstić information content (AvgIpc) is 2.82. The summed E-state index contributed by atoms with van der Waals surface area (Å²) in [7, 11) is 1.38. The van der Waals surface area contributed by atoms with Crippen LogP contribution in [-0.4, -0.2) is 56.8 Å². The molecule has 0 fully saturated rings. The molecule has 3 rings (SSSR count). The highest BCUT2D eigenvalue weighted by Gasteiger charge is 2.37. The molecule has 0 heterocycles. The Morgan fingerprint density at radius 3 is 1.86 bits per heavy atom. The first-order chi connectivity index (χ1) is 16.9. The van der Waals surface area contributed by atoms with Crippen molar-refractivity contribution in [3.8, 4) is 17.2 Å². The molecule has 35 heavy (non-hydrogen) atoms. The predicted molar refractivity (Wildman–Crippen MR) is 121 cm³/mol. The van der Waals surface area contributed by atoms with Gasteiger partial charge in [0, 0.05) is 5.56 Å². The number of hydrogen-bond donors (Lipinski definition) is 0. The van der Waals surface area contributed by atoms with Gasteiger partial charge >= 0.3 is 18.4 Å². The molecule has 11 nitrogen and oxygen atoms in total. The molecule has 11 heteroatoms. The molecule has 0 saturated carbocycles. The van der Waals surface area contributed by atoms with E-state index < -0.39 is 24.2 Å². The van der Waals surface area contributed by atoms with E-state index in [0.29, 0.717) is 0 Å². The summed E-state index contributed by atoms with van der Waals surface area (Å²) in [5.41, 5.74) is -0.0675. The van der Waals surface area contributed by atoms with E-state index in [0.717, 1.165) is 0 Å². The molecule has 0 unspecified atom stereocenters. The van der Waals surface area contributed by atoms with Crippen LogP contribution in [0, 0.1) is 0 Å². The summed E-state index contributed by atoms with van der Waals surface area (Å²) < 4.78 is 30.6. The van der Waals surface area contributed by atoms with Crippen molar-refractivity contribution >= 4 is 29.9 Å². The zero-order chi connectivity index (χ0) is 25.5. The van der Waals surface area contributed by atoms with Crippen molar-refractivity contribution in [2.75, 3.05) is 26.9 Å². The summed E-state index contributed by atoms with van der Waals surface area (Å²) >= 11 is 0. The monoisotopic (exact) mass is 485 g/mol.